The van der Waals surface area contributed by atoms with Crippen molar-refractivity contribution in [1.82, 2.24) is 15.3 Å². The molecule has 1 saturated carbocycles. The number of nitrogens with two attached hydrogens (primary N) is 1. The number of hydrogen-bond acceptors (Lipinski definition) is 7. The van der Waals surface area contributed by atoms with Crippen molar-refractivity contribution in [2.45, 2.75) is 64.6 Å². The molecule has 0 spiro atoms. The van der Waals surface area contributed by atoms with E-state index in [0.717, 1.165) is 31.7 Å². The summed E-state index contributed by atoms with van der Waals surface area (Å²) in [6.07, 6.45) is 4.64. The van der Waals surface area contributed by atoms with E-state index < -0.39 is 17.6 Å². The monoisotopic (exact) mass is 527 g/mol. The summed E-state index contributed by atoms with van der Waals surface area (Å²) >= 11 is 5.97. The fourth-order valence-corrected chi connectivity index (χ4v) is 4.75. The standard InChI is InChI=1S/C27H31ClFN5O3/c1-13(2)23(30)27(37)33-17-6-4-16(5-7-17)32-24-18(14(3)35)12-31-22-9-8-21(34-25(22)24)15-10-19(28)26(36)20(29)11-15/h8-13,16-17,23,36H,4-7,30H2,1-3H3,(H,31,32)(H,33,37)/t16-,17-,23?. The van der Waals surface area contributed by atoms with Gasteiger partial charge in [0.15, 0.2) is 17.3 Å². The average Bonchev–Trinajstić information content (AvgIpc) is 2.87. The van der Waals surface area contributed by atoms with Gasteiger partial charge in [-0.1, -0.05) is 25.4 Å². The first-order valence-corrected chi connectivity index (χ1v) is 12.7. The number of anilines is 1. The zero-order chi connectivity index (χ0) is 26.9. The highest BCUT2D eigenvalue weighted by atomic mass is 35.5. The molecule has 0 radical (unpaired) electrons. The SMILES string of the molecule is CC(=O)c1cnc2ccc(-c3cc(F)c(O)c(Cl)c3)nc2c1N[C@H]1CC[C@H](NC(=O)C(N)C(C)C)CC1. The van der Waals surface area contributed by atoms with Gasteiger partial charge in [-0.15, -0.1) is 0 Å². The Morgan fingerprint density at radius 2 is 1.84 bits per heavy atom. The van der Waals surface area contributed by atoms with Crippen LogP contribution in [0, 0.1) is 11.7 Å². The summed E-state index contributed by atoms with van der Waals surface area (Å²) in [7, 11) is 0. The Morgan fingerprint density at radius 3 is 2.46 bits per heavy atom. The Labute approximate surface area is 219 Å². The molecule has 1 fully saturated rings. The van der Waals surface area contributed by atoms with Crippen LogP contribution in [0.15, 0.2) is 30.5 Å². The smallest absolute Gasteiger partial charge is 0.237 e. The van der Waals surface area contributed by atoms with Gasteiger partial charge in [-0.2, -0.15) is 0 Å². The van der Waals surface area contributed by atoms with E-state index >= 15 is 0 Å². The van der Waals surface area contributed by atoms with Crippen LogP contribution >= 0.6 is 11.6 Å². The van der Waals surface area contributed by atoms with Gasteiger partial charge < -0.3 is 21.5 Å². The number of halogens is 2. The van der Waals surface area contributed by atoms with Crippen molar-refractivity contribution in [2.75, 3.05) is 5.32 Å². The number of hydrogen-bond donors (Lipinski definition) is 4. The van der Waals surface area contributed by atoms with Gasteiger partial charge in [-0.25, -0.2) is 9.37 Å². The summed E-state index contributed by atoms with van der Waals surface area (Å²) in [4.78, 5) is 33.9. The van der Waals surface area contributed by atoms with E-state index in [1.165, 1.54) is 19.2 Å². The van der Waals surface area contributed by atoms with Crippen molar-refractivity contribution in [3.8, 4) is 17.0 Å². The number of phenolic OH excluding ortho intramolecular Hbond substituents is 1. The lowest BCUT2D eigenvalue weighted by Crippen LogP contribution is -2.49. The van der Waals surface area contributed by atoms with E-state index in [4.69, 9.17) is 22.3 Å². The van der Waals surface area contributed by atoms with Crippen LogP contribution in [-0.4, -0.2) is 44.9 Å². The Morgan fingerprint density at radius 1 is 1.16 bits per heavy atom. The molecule has 3 aromatic rings. The molecule has 1 aromatic carbocycles. The Bertz CT molecular complexity index is 1320. The highest BCUT2D eigenvalue weighted by Crippen LogP contribution is 2.34. The first-order valence-electron chi connectivity index (χ1n) is 12.4. The molecule has 0 saturated heterocycles. The zero-order valence-electron chi connectivity index (χ0n) is 21.0. The van der Waals surface area contributed by atoms with Crippen molar-refractivity contribution < 1.29 is 19.1 Å². The highest BCUT2D eigenvalue weighted by molar-refractivity contribution is 6.32. The number of phenols is 1. The van der Waals surface area contributed by atoms with Gasteiger partial charge in [0.1, 0.15) is 5.52 Å². The van der Waals surface area contributed by atoms with Gasteiger partial charge in [0.2, 0.25) is 5.91 Å². The maximum atomic E-state index is 14.1. The topological polar surface area (TPSA) is 130 Å². The molecule has 10 heteroatoms. The van der Waals surface area contributed by atoms with Crippen LogP contribution in [0.4, 0.5) is 10.1 Å². The Balaban J connectivity index is 1.60. The van der Waals surface area contributed by atoms with E-state index in [9.17, 15) is 19.1 Å². The summed E-state index contributed by atoms with van der Waals surface area (Å²) in [6, 6.07) is 5.60. The molecule has 1 amide bonds. The fraction of sp³-hybridized carbons (Fsp3) is 0.407. The van der Waals surface area contributed by atoms with Crippen molar-refractivity contribution in [3.05, 3.63) is 46.9 Å². The van der Waals surface area contributed by atoms with Crippen LogP contribution in [0.25, 0.3) is 22.3 Å². The number of aromatic nitrogens is 2. The average molecular weight is 528 g/mol. The van der Waals surface area contributed by atoms with Crippen LogP contribution in [0.2, 0.25) is 5.02 Å². The molecule has 1 aliphatic rings. The summed E-state index contributed by atoms with van der Waals surface area (Å²) in [6.45, 7) is 5.31. The predicted molar refractivity (Wildman–Crippen MR) is 142 cm³/mol. The quantitative estimate of drug-likeness (QED) is 0.324. The first-order chi connectivity index (χ1) is 17.5. The van der Waals surface area contributed by atoms with Gasteiger partial charge >= 0.3 is 0 Å². The third kappa shape index (κ3) is 5.83. The van der Waals surface area contributed by atoms with E-state index in [1.807, 2.05) is 13.8 Å². The molecule has 37 heavy (non-hydrogen) atoms. The second-order valence-corrected chi connectivity index (χ2v) is 10.3. The predicted octanol–water partition coefficient (Wildman–Crippen LogP) is 4.82. The van der Waals surface area contributed by atoms with E-state index in [1.54, 1.807) is 12.1 Å². The lowest BCUT2D eigenvalue weighted by Gasteiger charge is -2.31. The molecule has 1 aliphatic carbocycles. The number of aromatic hydroxyl groups is 1. The van der Waals surface area contributed by atoms with Crippen molar-refractivity contribution >= 4 is 40.0 Å². The number of pyridine rings is 2. The van der Waals surface area contributed by atoms with Gasteiger partial charge in [0, 0.05) is 23.8 Å². The molecule has 1 unspecified atom stereocenters. The minimum atomic E-state index is -0.850. The van der Waals surface area contributed by atoms with Crippen LogP contribution in [0.3, 0.4) is 0 Å². The second kappa shape index (κ2) is 11.0. The number of carbonyl (C=O) groups is 2. The molecule has 5 N–H and O–H groups in total. The minimum Gasteiger partial charge on any atom is -0.504 e. The minimum absolute atomic E-state index is 0.0516. The van der Waals surface area contributed by atoms with Crippen LogP contribution in [0.1, 0.15) is 56.8 Å². The number of nitrogens with one attached hydrogen (secondary N) is 2. The van der Waals surface area contributed by atoms with Crippen LogP contribution in [0.5, 0.6) is 5.75 Å². The summed E-state index contributed by atoms with van der Waals surface area (Å²) in [5, 5.41) is 16.1. The van der Waals surface area contributed by atoms with Crippen molar-refractivity contribution in [2.24, 2.45) is 11.7 Å². The molecule has 2 heterocycles. The molecule has 1 atom stereocenters. The number of ketones is 1. The van der Waals surface area contributed by atoms with Gasteiger partial charge in [0.25, 0.3) is 0 Å². The maximum absolute atomic E-state index is 14.1. The van der Waals surface area contributed by atoms with Crippen LogP contribution < -0.4 is 16.4 Å². The summed E-state index contributed by atoms with van der Waals surface area (Å²) in [5.41, 5.74) is 8.81. The van der Waals surface area contributed by atoms with Gasteiger partial charge in [-0.3, -0.25) is 14.6 Å². The maximum Gasteiger partial charge on any atom is 0.237 e. The van der Waals surface area contributed by atoms with Gasteiger partial charge in [-0.05, 0) is 62.8 Å². The lowest BCUT2D eigenvalue weighted by atomic mass is 9.90. The molecule has 196 valence electrons. The van der Waals surface area contributed by atoms with E-state index in [-0.39, 0.29) is 34.7 Å². The normalized spacial score (nSPS) is 18.6. The van der Waals surface area contributed by atoms with E-state index in [2.05, 4.69) is 15.6 Å². The number of rotatable bonds is 7. The molecule has 4 rings (SSSR count). The third-order valence-corrected chi connectivity index (χ3v) is 7.14. The molecule has 0 bridgehead atoms. The number of benzene rings is 1. The molecule has 2 aromatic heterocycles. The van der Waals surface area contributed by atoms with Crippen LogP contribution in [-0.2, 0) is 4.79 Å². The van der Waals surface area contributed by atoms with Gasteiger partial charge in [0.05, 0.1) is 33.5 Å². The fourth-order valence-electron chi connectivity index (χ4n) is 4.54. The zero-order valence-corrected chi connectivity index (χ0v) is 21.8. The largest absolute Gasteiger partial charge is 0.504 e. The van der Waals surface area contributed by atoms with Crippen molar-refractivity contribution in [3.63, 3.8) is 0 Å². The number of carbonyl (C=O) groups excluding carboxylic acids is 2. The summed E-state index contributed by atoms with van der Waals surface area (Å²) < 4.78 is 14.1. The molecule has 0 aliphatic heterocycles. The highest BCUT2D eigenvalue weighted by Gasteiger charge is 2.27. The van der Waals surface area contributed by atoms with E-state index in [0.29, 0.717) is 33.5 Å². The molecular formula is C27H31ClFN5O3. The molecule has 8 nitrogen and oxygen atoms in total. The number of fused-ring (bicyclic) bond motifs is 1. The molecular weight excluding hydrogens is 497 g/mol. The number of nitrogens with zero attached hydrogens (tertiary/aromatic N) is 2. The lowest BCUT2D eigenvalue weighted by molar-refractivity contribution is -0.124. The third-order valence-electron chi connectivity index (χ3n) is 6.85. The van der Waals surface area contributed by atoms with Crippen molar-refractivity contribution in [1.29, 1.82) is 0 Å². The summed E-state index contributed by atoms with van der Waals surface area (Å²) in [5.74, 6) is -1.70. The second-order valence-electron chi connectivity index (χ2n) is 9.93. The number of amides is 1. The Hall–Kier alpha value is -3.30. The Kier molecular flexibility index (Phi) is 7.94. The first kappa shape index (κ1) is 26.8. The number of Topliss-reactive ketones (excluding diaryl/α,β-unsaturated/α-hetero) is 1.